The molecule has 1 N–H and O–H groups in total. The van der Waals surface area contributed by atoms with Gasteiger partial charge < -0.3 is 14.8 Å². The molecule has 2 saturated carbocycles. The van der Waals surface area contributed by atoms with Gasteiger partial charge in [0.1, 0.15) is 6.61 Å². The topological polar surface area (TPSA) is 47.6 Å². The highest BCUT2D eigenvalue weighted by molar-refractivity contribution is 5.67. The summed E-state index contributed by atoms with van der Waals surface area (Å²) >= 11 is 0. The number of benzene rings is 1. The summed E-state index contributed by atoms with van der Waals surface area (Å²) in [7, 11) is 0. The lowest BCUT2D eigenvalue weighted by Crippen LogP contribution is -2.41. The van der Waals surface area contributed by atoms with Crippen LogP contribution in [0.25, 0.3) is 0 Å². The normalized spacial score (nSPS) is 30.3. The molecule has 3 rings (SSSR count). The summed E-state index contributed by atoms with van der Waals surface area (Å²) in [6.07, 6.45) is 7.00. The van der Waals surface area contributed by atoms with Gasteiger partial charge in [-0.3, -0.25) is 0 Å². The molecule has 2 aliphatic carbocycles. The van der Waals surface area contributed by atoms with Gasteiger partial charge in [-0.15, -0.1) is 0 Å². The van der Waals surface area contributed by atoms with E-state index in [1.165, 1.54) is 12.8 Å². The maximum absolute atomic E-state index is 11.9. The van der Waals surface area contributed by atoms with E-state index >= 15 is 0 Å². The van der Waals surface area contributed by atoms with Crippen molar-refractivity contribution in [2.24, 2.45) is 5.92 Å². The molecule has 23 heavy (non-hydrogen) atoms. The van der Waals surface area contributed by atoms with Crippen LogP contribution in [0.1, 0.15) is 51.0 Å². The zero-order chi connectivity index (χ0) is 16.1. The van der Waals surface area contributed by atoms with Gasteiger partial charge in [-0.05, 0) is 50.0 Å². The second-order valence-corrected chi connectivity index (χ2v) is 7.01. The van der Waals surface area contributed by atoms with E-state index in [4.69, 9.17) is 9.47 Å². The summed E-state index contributed by atoms with van der Waals surface area (Å²) in [5, 5.41) is 2.98. The van der Waals surface area contributed by atoms with Gasteiger partial charge in [0, 0.05) is 6.04 Å². The van der Waals surface area contributed by atoms with Crippen molar-refractivity contribution in [1.29, 1.82) is 0 Å². The standard InChI is InChI=1S/C19H27NO3/c1-14-11-18(12-14)23-17-9-7-16(8-10-17)20-19(21)22-13-15-5-3-2-4-6-15/h2-6,14,16-18H,7-13H2,1H3,(H,20,21). The fraction of sp³-hybridized carbons (Fsp3) is 0.632. The van der Waals surface area contributed by atoms with Gasteiger partial charge in [0.05, 0.1) is 12.2 Å². The molecule has 0 aromatic heterocycles. The summed E-state index contributed by atoms with van der Waals surface area (Å²) in [6, 6.07) is 9.97. The fourth-order valence-corrected chi connectivity index (χ4v) is 3.49. The minimum atomic E-state index is -0.314. The summed E-state index contributed by atoms with van der Waals surface area (Å²) in [5.41, 5.74) is 1.01. The Morgan fingerprint density at radius 3 is 2.43 bits per heavy atom. The Hall–Kier alpha value is -1.55. The maximum Gasteiger partial charge on any atom is 0.407 e. The second kappa shape index (κ2) is 7.82. The summed E-state index contributed by atoms with van der Waals surface area (Å²) < 4.78 is 11.4. The predicted molar refractivity (Wildman–Crippen MR) is 89.1 cm³/mol. The van der Waals surface area contributed by atoms with Crippen molar-refractivity contribution in [3.63, 3.8) is 0 Å². The third-order valence-electron chi connectivity index (χ3n) is 4.92. The van der Waals surface area contributed by atoms with E-state index in [9.17, 15) is 4.79 Å². The van der Waals surface area contributed by atoms with Crippen molar-refractivity contribution in [2.45, 2.75) is 70.3 Å². The van der Waals surface area contributed by atoms with Gasteiger partial charge in [0.15, 0.2) is 0 Å². The molecule has 1 aromatic carbocycles. The molecule has 0 radical (unpaired) electrons. The van der Waals surface area contributed by atoms with Crippen LogP contribution in [-0.2, 0) is 16.1 Å². The Labute approximate surface area is 138 Å². The average Bonchev–Trinajstić information content (AvgIpc) is 2.54. The van der Waals surface area contributed by atoms with Crippen LogP contribution < -0.4 is 5.32 Å². The van der Waals surface area contributed by atoms with E-state index in [1.54, 1.807) is 0 Å². The van der Waals surface area contributed by atoms with Crippen molar-refractivity contribution < 1.29 is 14.3 Å². The Morgan fingerprint density at radius 2 is 1.78 bits per heavy atom. The monoisotopic (exact) mass is 317 g/mol. The lowest BCUT2D eigenvalue weighted by atomic mass is 9.83. The fourth-order valence-electron chi connectivity index (χ4n) is 3.49. The molecule has 0 spiro atoms. The molecule has 0 heterocycles. The Morgan fingerprint density at radius 1 is 1.09 bits per heavy atom. The van der Waals surface area contributed by atoms with Gasteiger partial charge in [0.2, 0.25) is 0 Å². The van der Waals surface area contributed by atoms with E-state index in [0.29, 0.717) is 18.8 Å². The number of alkyl carbamates (subject to hydrolysis) is 1. The van der Waals surface area contributed by atoms with Gasteiger partial charge in [-0.2, -0.15) is 0 Å². The van der Waals surface area contributed by atoms with E-state index in [0.717, 1.165) is 37.2 Å². The molecule has 2 fully saturated rings. The minimum Gasteiger partial charge on any atom is -0.445 e. The van der Waals surface area contributed by atoms with E-state index in [2.05, 4.69) is 12.2 Å². The molecule has 1 aromatic rings. The molecular weight excluding hydrogens is 290 g/mol. The largest absolute Gasteiger partial charge is 0.445 e. The number of amides is 1. The second-order valence-electron chi connectivity index (χ2n) is 7.01. The lowest BCUT2D eigenvalue weighted by molar-refractivity contribution is -0.0853. The molecule has 0 unspecified atom stereocenters. The zero-order valence-corrected chi connectivity index (χ0v) is 13.9. The van der Waals surface area contributed by atoms with Crippen molar-refractivity contribution in [2.75, 3.05) is 0 Å². The molecule has 2 aliphatic rings. The summed E-state index contributed by atoms with van der Waals surface area (Å²) in [5.74, 6) is 0.831. The van der Waals surface area contributed by atoms with Crippen LogP contribution in [0.5, 0.6) is 0 Å². The highest BCUT2D eigenvalue weighted by Crippen LogP contribution is 2.33. The van der Waals surface area contributed by atoms with E-state index in [1.807, 2.05) is 30.3 Å². The molecule has 0 bridgehead atoms. The number of carbonyl (C=O) groups excluding carboxylic acids is 1. The first-order valence-corrected chi connectivity index (χ1v) is 8.81. The third kappa shape index (κ3) is 4.96. The SMILES string of the molecule is CC1CC(OC2CCC(NC(=O)OCc3ccccc3)CC2)C1. The number of carbonyl (C=O) groups is 1. The van der Waals surface area contributed by atoms with Gasteiger partial charge in [0.25, 0.3) is 0 Å². The predicted octanol–water partition coefficient (Wildman–Crippen LogP) is 4.04. The molecule has 126 valence electrons. The van der Waals surface area contributed by atoms with Crippen LogP contribution in [-0.4, -0.2) is 24.3 Å². The van der Waals surface area contributed by atoms with Gasteiger partial charge >= 0.3 is 6.09 Å². The molecule has 1 amide bonds. The van der Waals surface area contributed by atoms with Crippen molar-refractivity contribution in [1.82, 2.24) is 5.32 Å². The van der Waals surface area contributed by atoms with Crippen LogP contribution in [0.4, 0.5) is 4.79 Å². The quantitative estimate of drug-likeness (QED) is 0.891. The molecular formula is C19H27NO3. The number of nitrogens with one attached hydrogen (secondary N) is 1. The molecule has 0 saturated heterocycles. The average molecular weight is 317 g/mol. The zero-order valence-electron chi connectivity index (χ0n) is 13.9. The van der Waals surface area contributed by atoms with Crippen LogP contribution in [0.3, 0.4) is 0 Å². The van der Waals surface area contributed by atoms with E-state index in [-0.39, 0.29) is 12.1 Å². The van der Waals surface area contributed by atoms with Gasteiger partial charge in [-0.1, -0.05) is 37.3 Å². The molecule has 4 heteroatoms. The molecule has 0 aliphatic heterocycles. The summed E-state index contributed by atoms with van der Waals surface area (Å²) in [4.78, 5) is 11.9. The summed E-state index contributed by atoms with van der Waals surface area (Å²) in [6.45, 7) is 2.60. The van der Waals surface area contributed by atoms with Gasteiger partial charge in [-0.25, -0.2) is 4.79 Å². The van der Waals surface area contributed by atoms with Crippen molar-refractivity contribution in [3.8, 4) is 0 Å². The number of ether oxygens (including phenoxy) is 2. The van der Waals surface area contributed by atoms with Crippen LogP contribution in [0.2, 0.25) is 0 Å². The first-order chi connectivity index (χ1) is 11.2. The minimum absolute atomic E-state index is 0.221. The first-order valence-electron chi connectivity index (χ1n) is 8.81. The Balaban J connectivity index is 1.31. The highest BCUT2D eigenvalue weighted by Gasteiger charge is 2.31. The number of hydrogen-bond donors (Lipinski definition) is 1. The van der Waals surface area contributed by atoms with Crippen molar-refractivity contribution >= 4 is 6.09 Å². The van der Waals surface area contributed by atoms with Crippen molar-refractivity contribution in [3.05, 3.63) is 35.9 Å². The maximum atomic E-state index is 11.9. The first kappa shape index (κ1) is 16.3. The Bertz CT molecular complexity index is 491. The number of hydrogen-bond acceptors (Lipinski definition) is 3. The molecule has 4 nitrogen and oxygen atoms in total. The molecule has 0 atom stereocenters. The lowest BCUT2D eigenvalue weighted by Gasteiger charge is -2.38. The van der Waals surface area contributed by atoms with Crippen LogP contribution in [0, 0.1) is 5.92 Å². The van der Waals surface area contributed by atoms with Crippen LogP contribution in [0.15, 0.2) is 30.3 Å². The smallest absolute Gasteiger partial charge is 0.407 e. The van der Waals surface area contributed by atoms with E-state index < -0.39 is 0 Å². The Kier molecular flexibility index (Phi) is 5.55. The highest BCUT2D eigenvalue weighted by atomic mass is 16.5. The van der Waals surface area contributed by atoms with Crippen LogP contribution >= 0.6 is 0 Å². The third-order valence-corrected chi connectivity index (χ3v) is 4.92. The number of rotatable bonds is 5.